The van der Waals surface area contributed by atoms with Gasteiger partial charge in [-0.3, -0.25) is 14.8 Å². The number of hydrogen-bond acceptors (Lipinski definition) is 4. The number of rotatable bonds is 10. The highest BCUT2D eigenvalue weighted by atomic mass is 16.5. The minimum absolute atomic E-state index is 0.0870. The normalized spacial score (nSPS) is 14.3. The molecule has 5 nitrogen and oxygen atoms in total. The van der Waals surface area contributed by atoms with Crippen molar-refractivity contribution in [3.8, 4) is 17.0 Å². The minimum Gasteiger partial charge on any atom is -0.487 e. The Kier molecular flexibility index (Phi) is 7.07. The van der Waals surface area contributed by atoms with Crippen LogP contribution in [-0.2, 0) is 17.8 Å². The van der Waals surface area contributed by atoms with Crippen molar-refractivity contribution in [2.24, 2.45) is 11.8 Å². The molecule has 2 heterocycles. The largest absolute Gasteiger partial charge is 0.487 e. The molecule has 33 heavy (non-hydrogen) atoms. The van der Waals surface area contributed by atoms with Crippen LogP contribution in [0.15, 0.2) is 55.0 Å². The highest BCUT2D eigenvalue weighted by Crippen LogP contribution is 2.44. The van der Waals surface area contributed by atoms with Crippen LogP contribution in [0.5, 0.6) is 5.75 Å². The van der Waals surface area contributed by atoms with Gasteiger partial charge in [0.15, 0.2) is 0 Å². The highest BCUT2D eigenvalue weighted by Gasteiger charge is 2.33. The third kappa shape index (κ3) is 6.19. The molecule has 0 amide bonds. The summed E-state index contributed by atoms with van der Waals surface area (Å²) in [5.74, 6) is 1.07. The van der Waals surface area contributed by atoms with Crippen LogP contribution in [0.1, 0.15) is 61.3 Å². The van der Waals surface area contributed by atoms with E-state index in [1.54, 1.807) is 6.20 Å². The van der Waals surface area contributed by atoms with Gasteiger partial charge in [-0.1, -0.05) is 38.1 Å². The second kappa shape index (κ2) is 10.2. The number of aliphatic carboxylic acids is 1. The predicted octanol–water partition coefficient (Wildman–Crippen LogP) is 6.20. The van der Waals surface area contributed by atoms with E-state index in [0.717, 1.165) is 58.5 Å². The van der Waals surface area contributed by atoms with E-state index in [-0.39, 0.29) is 12.3 Å². The molecular weight excluding hydrogens is 412 g/mol. The van der Waals surface area contributed by atoms with Crippen LogP contribution < -0.4 is 4.74 Å². The average Bonchev–Trinajstić information content (AvgIpc) is 3.61. The summed E-state index contributed by atoms with van der Waals surface area (Å²) < 4.78 is 6.13. The van der Waals surface area contributed by atoms with Crippen molar-refractivity contribution in [2.45, 2.75) is 59.0 Å². The number of ether oxygens (including phenoxy) is 1. The quantitative estimate of drug-likeness (QED) is 0.403. The summed E-state index contributed by atoms with van der Waals surface area (Å²) in [6, 6.07) is 12.4. The second-order valence-corrected chi connectivity index (χ2v) is 9.60. The Morgan fingerprint density at radius 2 is 1.97 bits per heavy atom. The molecule has 1 saturated carbocycles. The van der Waals surface area contributed by atoms with Crippen LogP contribution in [0.2, 0.25) is 0 Å². The SMILES string of the molecule is Cc1cncc(-c2ncc(OCc3cccc(C(CC(=O)O)C4CC4)c3)cc2CC(C)C)c1. The van der Waals surface area contributed by atoms with Gasteiger partial charge in [0.1, 0.15) is 12.4 Å². The molecule has 1 aliphatic rings. The monoisotopic (exact) mass is 444 g/mol. The Morgan fingerprint density at radius 1 is 1.15 bits per heavy atom. The van der Waals surface area contributed by atoms with Crippen LogP contribution in [0.25, 0.3) is 11.3 Å². The fourth-order valence-corrected chi connectivity index (χ4v) is 4.43. The van der Waals surface area contributed by atoms with Gasteiger partial charge in [0.25, 0.3) is 0 Å². The lowest BCUT2D eigenvalue weighted by Gasteiger charge is -2.16. The van der Waals surface area contributed by atoms with Gasteiger partial charge in [-0.2, -0.15) is 0 Å². The van der Waals surface area contributed by atoms with Gasteiger partial charge in [0.05, 0.1) is 18.3 Å². The highest BCUT2D eigenvalue weighted by molar-refractivity contribution is 5.68. The maximum atomic E-state index is 11.3. The molecule has 0 bridgehead atoms. The zero-order chi connectivity index (χ0) is 23.4. The van der Waals surface area contributed by atoms with Crippen molar-refractivity contribution in [1.82, 2.24) is 9.97 Å². The summed E-state index contributed by atoms with van der Waals surface area (Å²) in [6.07, 6.45) is 8.81. The lowest BCUT2D eigenvalue weighted by Crippen LogP contribution is -2.09. The van der Waals surface area contributed by atoms with Crippen molar-refractivity contribution < 1.29 is 14.6 Å². The summed E-state index contributed by atoms with van der Waals surface area (Å²) in [7, 11) is 0. The van der Waals surface area contributed by atoms with Crippen LogP contribution in [-0.4, -0.2) is 21.0 Å². The number of pyridine rings is 2. The molecule has 3 aromatic rings. The van der Waals surface area contributed by atoms with Gasteiger partial charge in [-0.25, -0.2) is 0 Å². The first-order chi connectivity index (χ1) is 15.9. The number of carbonyl (C=O) groups is 1. The number of nitrogens with zero attached hydrogens (tertiary/aromatic N) is 2. The van der Waals surface area contributed by atoms with Crippen molar-refractivity contribution in [2.75, 3.05) is 0 Å². The van der Waals surface area contributed by atoms with Crippen LogP contribution in [0.4, 0.5) is 0 Å². The molecule has 5 heteroatoms. The topological polar surface area (TPSA) is 72.3 Å². The molecule has 4 rings (SSSR count). The standard InChI is InChI=1S/C28H32N2O3/c1-18(2)9-23-12-25(16-30-28(23)24-10-19(3)14-29-15-24)33-17-20-5-4-6-22(11-20)26(13-27(31)32)21-7-8-21/h4-6,10-12,14-16,18,21,26H,7-9,13,17H2,1-3H3,(H,31,32). The Labute approximate surface area is 195 Å². The minimum atomic E-state index is -0.735. The molecule has 0 aliphatic heterocycles. The van der Waals surface area contributed by atoms with Crippen molar-refractivity contribution in [3.63, 3.8) is 0 Å². The lowest BCUT2D eigenvalue weighted by atomic mass is 9.90. The third-order valence-electron chi connectivity index (χ3n) is 6.09. The number of aryl methyl sites for hydroxylation is 1. The summed E-state index contributed by atoms with van der Waals surface area (Å²) in [6.45, 7) is 6.86. The molecule has 2 aromatic heterocycles. The number of carboxylic acids is 1. The van der Waals surface area contributed by atoms with Crippen LogP contribution >= 0.6 is 0 Å². The molecule has 0 spiro atoms. The van der Waals surface area contributed by atoms with Gasteiger partial charge < -0.3 is 9.84 Å². The maximum absolute atomic E-state index is 11.3. The van der Waals surface area contributed by atoms with Crippen LogP contribution in [0.3, 0.4) is 0 Å². The number of aromatic nitrogens is 2. The molecule has 0 radical (unpaired) electrons. The van der Waals surface area contributed by atoms with E-state index < -0.39 is 5.97 Å². The Morgan fingerprint density at radius 3 is 2.67 bits per heavy atom. The molecule has 1 aromatic carbocycles. The van der Waals surface area contributed by atoms with E-state index in [9.17, 15) is 9.90 Å². The van der Waals surface area contributed by atoms with Gasteiger partial charge in [-0.15, -0.1) is 0 Å². The fourth-order valence-electron chi connectivity index (χ4n) is 4.43. The number of hydrogen-bond donors (Lipinski definition) is 1. The number of benzene rings is 1. The molecule has 1 fully saturated rings. The Balaban J connectivity index is 1.52. The van der Waals surface area contributed by atoms with Crippen molar-refractivity contribution in [3.05, 3.63) is 77.2 Å². The van der Waals surface area contributed by atoms with Crippen molar-refractivity contribution in [1.29, 1.82) is 0 Å². The molecular formula is C28H32N2O3. The molecule has 1 N–H and O–H groups in total. The molecule has 1 atom stereocenters. The zero-order valence-electron chi connectivity index (χ0n) is 19.6. The van der Waals surface area contributed by atoms with Gasteiger partial charge in [0.2, 0.25) is 0 Å². The molecule has 1 unspecified atom stereocenters. The van der Waals surface area contributed by atoms with E-state index in [1.807, 2.05) is 37.5 Å². The summed E-state index contributed by atoms with van der Waals surface area (Å²) in [4.78, 5) is 20.4. The predicted molar refractivity (Wildman–Crippen MR) is 129 cm³/mol. The van der Waals surface area contributed by atoms with Crippen LogP contribution in [0, 0.1) is 18.8 Å². The number of carboxylic acid groups (broad SMARTS) is 1. The Bertz CT molecular complexity index is 1120. The first kappa shape index (κ1) is 23.0. The van der Waals surface area contributed by atoms with Gasteiger partial charge >= 0.3 is 5.97 Å². The smallest absolute Gasteiger partial charge is 0.303 e. The summed E-state index contributed by atoms with van der Waals surface area (Å²) in [5.41, 5.74) is 6.38. The van der Waals surface area contributed by atoms with E-state index in [0.29, 0.717) is 18.4 Å². The molecule has 1 aliphatic carbocycles. The van der Waals surface area contributed by atoms with E-state index in [4.69, 9.17) is 9.72 Å². The zero-order valence-corrected chi connectivity index (χ0v) is 19.6. The van der Waals surface area contributed by atoms with Gasteiger partial charge in [0, 0.05) is 18.0 Å². The van der Waals surface area contributed by atoms with Gasteiger partial charge in [-0.05, 0) is 78.3 Å². The summed E-state index contributed by atoms with van der Waals surface area (Å²) >= 11 is 0. The van der Waals surface area contributed by atoms with Crippen molar-refractivity contribution >= 4 is 5.97 Å². The first-order valence-corrected chi connectivity index (χ1v) is 11.7. The molecule has 0 saturated heterocycles. The van der Waals surface area contributed by atoms with E-state index in [2.05, 4.69) is 37.0 Å². The Hall–Kier alpha value is -3.21. The second-order valence-electron chi connectivity index (χ2n) is 9.60. The fraction of sp³-hybridized carbons (Fsp3) is 0.393. The lowest BCUT2D eigenvalue weighted by molar-refractivity contribution is -0.137. The molecule has 172 valence electrons. The van der Waals surface area contributed by atoms with E-state index in [1.165, 1.54) is 0 Å². The first-order valence-electron chi connectivity index (χ1n) is 11.7. The third-order valence-corrected chi connectivity index (χ3v) is 6.09. The average molecular weight is 445 g/mol. The van der Waals surface area contributed by atoms with E-state index >= 15 is 0 Å². The summed E-state index contributed by atoms with van der Waals surface area (Å²) in [5, 5.41) is 9.32. The maximum Gasteiger partial charge on any atom is 0.303 e.